The highest BCUT2D eigenvalue weighted by Crippen LogP contribution is 2.39. The second-order valence-corrected chi connectivity index (χ2v) is 3.72. The summed E-state index contributed by atoms with van der Waals surface area (Å²) in [4.78, 5) is 0. The SMILES string of the molecule is CC[C@H](O)c1cc(C(F)(F)F)ccc1C(F)(F)F. The van der Waals surface area contributed by atoms with Gasteiger partial charge in [-0.05, 0) is 30.2 Å². The second kappa shape index (κ2) is 4.79. The monoisotopic (exact) mass is 272 g/mol. The van der Waals surface area contributed by atoms with Gasteiger partial charge in [-0.25, -0.2) is 0 Å². The van der Waals surface area contributed by atoms with E-state index in [4.69, 9.17) is 0 Å². The summed E-state index contributed by atoms with van der Waals surface area (Å²) < 4.78 is 74.9. The van der Waals surface area contributed by atoms with Crippen molar-refractivity contribution in [2.75, 3.05) is 0 Å². The van der Waals surface area contributed by atoms with Gasteiger partial charge in [0.15, 0.2) is 0 Å². The van der Waals surface area contributed by atoms with Crippen LogP contribution in [0.3, 0.4) is 0 Å². The Balaban J connectivity index is 3.39. The summed E-state index contributed by atoms with van der Waals surface area (Å²) in [6.45, 7) is 1.38. The predicted molar refractivity (Wildman–Crippen MR) is 51.7 cm³/mol. The summed E-state index contributed by atoms with van der Waals surface area (Å²) in [6.07, 6.45) is -11.2. The molecule has 0 unspecified atom stereocenters. The van der Waals surface area contributed by atoms with Crippen LogP contribution in [-0.4, -0.2) is 5.11 Å². The molecule has 0 amide bonds. The maximum atomic E-state index is 12.6. The molecule has 0 aliphatic rings. The number of aliphatic hydroxyl groups is 1. The molecule has 0 heterocycles. The van der Waals surface area contributed by atoms with Gasteiger partial charge in [0.25, 0.3) is 0 Å². The lowest BCUT2D eigenvalue weighted by molar-refractivity contribution is -0.142. The van der Waals surface area contributed by atoms with E-state index in [1.165, 1.54) is 6.92 Å². The van der Waals surface area contributed by atoms with Gasteiger partial charge in [-0.3, -0.25) is 0 Å². The van der Waals surface area contributed by atoms with E-state index < -0.39 is 35.1 Å². The summed E-state index contributed by atoms with van der Waals surface area (Å²) in [7, 11) is 0. The van der Waals surface area contributed by atoms with E-state index in [2.05, 4.69) is 0 Å². The maximum Gasteiger partial charge on any atom is 0.416 e. The molecule has 0 saturated carbocycles. The molecule has 1 aromatic rings. The Morgan fingerprint density at radius 3 is 2.00 bits per heavy atom. The highest BCUT2D eigenvalue weighted by Gasteiger charge is 2.38. The van der Waals surface area contributed by atoms with Gasteiger partial charge in [0.1, 0.15) is 0 Å². The Morgan fingerprint density at radius 1 is 1.06 bits per heavy atom. The minimum absolute atomic E-state index is 0.107. The number of benzene rings is 1. The molecule has 1 atom stereocenters. The van der Waals surface area contributed by atoms with Crippen LogP contribution in [0.1, 0.15) is 36.1 Å². The van der Waals surface area contributed by atoms with Crippen LogP contribution in [0, 0.1) is 0 Å². The third kappa shape index (κ3) is 3.16. The van der Waals surface area contributed by atoms with Crippen molar-refractivity contribution in [2.24, 2.45) is 0 Å². The van der Waals surface area contributed by atoms with E-state index in [0.29, 0.717) is 18.2 Å². The molecule has 0 aliphatic carbocycles. The molecule has 0 saturated heterocycles. The second-order valence-electron chi connectivity index (χ2n) is 3.72. The van der Waals surface area contributed by atoms with E-state index in [-0.39, 0.29) is 6.42 Å². The average Bonchev–Trinajstić information content (AvgIpc) is 2.24. The van der Waals surface area contributed by atoms with Crippen molar-refractivity contribution in [3.63, 3.8) is 0 Å². The van der Waals surface area contributed by atoms with Crippen LogP contribution < -0.4 is 0 Å². The predicted octanol–water partition coefficient (Wildman–Crippen LogP) is 4.17. The zero-order valence-corrected chi connectivity index (χ0v) is 9.23. The topological polar surface area (TPSA) is 20.2 Å². The first-order chi connectivity index (χ1) is 8.07. The molecule has 7 heteroatoms. The molecular formula is C11H10F6O. The van der Waals surface area contributed by atoms with Crippen LogP contribution in [0.5, 0.6) is 0 Å². The molecule has 18 heavy (non-hydrogen) atoms. The molecule has 0 radical (unpaired) electrons. The van der Waals surface area contributed by atoms with E-state index in [1.54, 1.807) is 0 Å². The average molecular weight is 272 g/mol. The molecule has 1 aromatic carbocycles. The summed E-state index contributed by atoms with van der Waals surface area (Å²) in [6, 6.07) is 1.04. The van der Waals surface area contributed by atoms with Crippen molar-refractivity contribution < 1.29 is 31.4 Å². The van der Waals surface area contributed by atoms with E-state index >= 15 is 0 Å². The number of hydrogen-bond acceptors (Lipinski definition) is 1. The van der Waals surface area contributed by atoms with Crippen molar-refractivity contribution in [1.82, 2.24) is 0 Å². The first-order valence-electron chi connectivity index (χ1n) is 5.03. The molecule has 1 rings (SSSR count). The third-order valence-electron chi connectivity index (χ3n) is 2.43. The minimum atomic E-state index is -4.80. The van der Waals surface area contributed by atoms with Crippen LogP contribution >= 0.6 is 0 Å². The Labute approximate surface area is 99.0 Å². The Bertz CT molecular complexity index is 421. The van der Waals surface area contributed by atoms with Crippen molar-refractivity contribution in [3.05, 3.63) is 34.9 Å². The number of rotatable bonds is 2. The lowest BCUT2D eigenvalue weighted by atomic mass is 9.97. The highest BCUT2D eigenvalue weighted by molar-refractivity contribution is 5.36. The number of hydrogen-bond donors (Lipinski definition) is 1. The number of halogens is 6. The van der Waals surface area contributed by atoms with Crippen LogP contribution in [-0.2, 0) is 12.4 Å². The zero-order chi connectivity index (χ0) is 14.1. The van der Waals surface area contributed by atoms with Gasteiger partial charge in [-0.15, -0.1) is 0 Å². The molecule has 0 aliphatic heterocycles. The zero-order valence-electron chi connectivity index (χ0n) is 9.23. The Hall–Kier alpha value is -1.24. The summed E-state index contributed by atoms with van der Waals surface area (Å²) in [5, 5.41) is 9.40. The first-order valence-corrected chi connectivity index (χ1v) is 5.03. The largest absolute Gasteiger partial charge is 0.416 e. The molecule has 0 spiro atoms. The molecule has 102 valence electrons. The Morgan fingerprint density at radius 2 is 1.61 bits per heavy atom. The maximum absolute atomic E-state index is 12.6. The fourth-order valence-electron chi connectivity index (χ4n) is 1.49. The van der Waals surface area contributed by atoms with E-state index in [9.17, 15) is 31.4 Å². The normalized spacial score (nSPS) is 14.7. The van der Waals surface area contributed by atoms with Gasteiger partial charge in [0.2, 0.25) is 0 Å². The van der Waals surface area contributed by atoms with Gasteiger partial charge in [-0.1, -0.05) is 6.92 Å². The molecule has 1 nitrogen and oxygen atoms in total. The molecule has 1 N–H and O–H groups in total. The lowest BCUT2D eigenvalue weighted by Crippen LogP contribution is -2.14. The van der Waals surface area contributed by atoms with Gasteiger partial charge in [0.05, 0.1) is 17.2 Å². The van der Waals surface area contributed by atoms with Crippen molar-refractivity contribution in [3.8, 4) is 0 Å². The van der Waals surface area contributed by atoms with Gasteiger partial charge in [-0.2, -0.15) is 26.3 Å². The fraction of sp³-hybridized carbons (Fsp3) is 0.455. The summed E-state index contributed by atoms with van der Waals surface area (Å²) >= 11 is 0. The third-order valence-corrected chi connectivity index (χ3v) is 2.43. The van der Waals surface area contributed by atoms with Crippen LogP contribution in [0.15, 0.2) is 18.2 Å². The lowest BCUT2D eigenvalue weighted by Gasteiger charge is -2.18. The van der Waals surface area contributed by atoms with Crippen molar-refractivity contribution >= 4 is 0 Å². The fourth-order valence-corrected chi connectivity index (χ4v) is 1.49. The molecular weight excluding hydrogens is 262 g/mol. The van der Waals surface area contributed by atoms with Gasteiger partial charge >= 0.3 is 12.4 Å². The summed E-state index contributed by atoms with van der Waals surface area (Å²) in [5.74, 6) is 0. The Kier molecular flexibility index (Phi) is 3.95. The van der Waals surface area contributed by atoms with Crippen molar-refractivity contribution in [1.29, 1.82) is 0 Å². The molecule has 0 aromatic heterocycles. The van der Waals surface area contributed by atoms with Crippen molar-refractivity contribution in [2.45, 2.75) is 31.8 Å². The van der Waals surface area contributed by atoms with Crippen LogP contribution in [0.25, 0.3) is 0 Å². The molecule has 0 bridgehead atoms. The standard InChI is InChI=1S/C11H10F6O/c1-2-9(18)7-5-6(10(12,13)14)3-4-8(7)11(15,16)17/h3-5,9,18H,2H2,1H3/t9-/m0/s1. The van der Waals surface area contributed by atoms with E-state index in [1.807, 2.05) is 0 Å². The quantitative estimate of drug-likeness (QED) is 0.801. The van der Waals surface area contributed by atoms with Gasteiger partial charge in [0, 0.05) is 0 Å². The summed E-state index contributed by atoms with van der Waals surface area (Å²) in [5.41, 5.74) is -3.21. The smallest absolute Gasteiger partial charge is 0.388 e. The first kappa shape index (κ1) is 14.8. The number of alkyl halides is 6. The van der Waals surface area contributed by atoms with Gasteiger partial charge < -0.3 is 5.11 Å². The van der Waals surface area contributed by atoms with E-state index in [0.717, 1.165) is 0 Å². The minimum Gasteiger partial charge on any atom is -0.388 e. The highest BCUT2D eigenvalue weighted by atomic mass is 19.4. The van der Waals surface area contributed by atoms with Crippen LogP contribution in [0.2, 0.25) is 0 Å². The van der Waals surface area contributed by atoms with Crippen LogP contribution in [0.4, 0.5) is 26.3 Å². The number of aliphatic hydroxyl groups excluding tert-OH is 1. The molecule has 0 fully saturated rings.